The van der Waals surface area contributed by atoms with E-state index in [1.54, 1.807) is 19.1 Å². The molecule has 1 atom stereocenters. The zero-order valence-electron chi connectivity index (χ0n) is 17.8. The molecule has 0 radical (unpaired) electrons. The number of morpholine rings is 1. The highest BCUT2D eigenvalue weighted by atomic mass is 19.1. The van der Waals surface area contributed by atoms with Crippen LogP contribution >= 0.6 is 0 Å². The Morgan fingerprint density at radius 3 is 2.55 bits per heavy atom. The van der Waals surface area contributed by atoms with Gasteiger partial charge >= 0.3 is 0 Å². The van der Waals surface area contributed by atoms with Crippen molar-refractivity contribution in [2.75, 3.05) is 37.7 Å². The average molecular weight is 426 g/mol. The summed E-state index contributed by atoms with van der Waals surface area (Å²) in [6.45, 7) is 6.72. The van der Waals surface area contributed by atoms with Crippen LogP contribution in [-0.2, 0) is 27.4 Å². The number of carbonyl (C=O) groups excluding carboxylic acids is 2. The lowest BCUT2D eigenvalue weighted by Gasteiger charge is -2.26. The van der Waals surface area contributed by atoms with Crippen molar-refractivity contribution < 1.29 is 18.7 Å². The molecule has 4 rings (SSSR count). The van der Waals surface area contributed by atoms with E-state index in [2.05, 4.69) is 22.3 Å². The molecule has 0 aromatic heterocycles. The van der Waals surface area contributed by atoms with Crippen molar-refractivity contribution in [2.45, 2.75) is 26.4 Å². The zero-order chi connectivity index (χ0) is 21.8. The van der Waals surface area contributed by atoms with Crippen LogP contribution in [-0.4, -0.2) is 49.6 Å². The normalized spacial score (nSPS) is 19.6. The van der Waals surface area contributed by atoms with Crippen molar-refractivity contribution in [2.24, 2.45) is 5.92 Å². The van der Waals surface area contributed by atoms with Crippen LogP contribution in [0, 0.1) is 18.7 Å². The van der Waals surface area contributed by atoms with Crippen molar-refractivity contribution in [3.05, 3.63) is 65.0 Å². The van der Waals surface area contributed by atoms with E-state index < -0.39 is 5.92 Å². The molecule has 2 aromatic carbocycles. The molecule has 0 bridgehead atoms. The Hall–Kier alpha value is -2.77. The quantitative estimate of drug-likeness (QED) is 0.773. The number of aryl methyl sites for hydroxylation is 1. The van der Waals surface area contributed by atoms with Gasteiger partial charge in [-0.15, -0.1) is 0 Å². The summed E-state index contributed by atoms with van der Waals surface area (Å²) in [6, 6.07) is 12.9. The monoisotopic (exact) mass is 425 g/mol. The van der Waals surface area contributed by atoms with Crippen molar-refractivity contribution >= 4 is 17.5 Å². The Morgan fingerprint density at radius 1 is 1.13 bits per heavy atom. The number of nitrogens with zero attached hydrogens (tertiary/aromatic N) is 2. The number of carbonyl (C=O) groups is 2. The summed E-state index contributed by atoms with van der Waals surface area (Å²) in [4.78, 5) is 28.8. The molecule has 164 valence electrons. The van der Waals surface area contributed by atoms with Crippen LogP contribution in [0.2, 0.25) is 0 Å². The Morgan fingerprint density at radius 2 is 1.84 bits per heavy atom. The van der Waals surface area contributed by atoms with Crippen molar-refractivity contribution in [1.29, 1.82) is 0 Å². The van der Waals surface area contributed by atoms with Gasteiger partial charge in [-0.25, -0.2) is 4.39 Å². The molecule has 2 aromatic rings. The van der Waals surface area contributed by atoms with Crippen LogP contribution in [0.1, 0.15) is 23.1 Å². The number of benzene rings is 2. The molecule has 7 heteroatoms. The third-order valence-electron chi connectivity index (χ3n) is 5.96. The van der Waals surface area contributed by atoms with Crippen molar-refractivity contribution in [3.63, 3.8) is 0 Å². The van der Waals surface area contributed by atoms with Crippen LogP contribution in [0.4, 0.5) is 10.1 Å². The summed E-state index contributed by atoms with van der Waals surface area (Å²) in [5.41, 5.74) is 3.28. The number of hydrogen-bond donors (Lipinski definition) is 1. The van der Waals surface area contributed by atoms with E-state index in [0.717, 1.165) is 38.4 Å². The summed E-state index contributed by atoms with van der Waals surface area (Å²) in [5.74, 6) is -1.09. The lowest BCUT2D eigenvalue weighted by Crippen LogP contribution is -2.35. The van der Waals surface area contributed by atoms with Gasteiger partial charge in [0.05, 0.1) is 19.1 Å². The van der Waals surface area contributed by atoms with Gasteiger partial charge in [-0.3, -0.25) is 14.5 Å². The smallest absolute Gasteiger partial charge is 0.227 e. The summed E-state index contributed by atoms with van der Waals surface area (Å²) in [5, 5.41) is 2.94. The van der Waals surface area contributed by atoms with Crippen LogP contribution < -0.4 is 10.2 Å². The lowest BCUT2D eigenvalue weighted by atomic mass is 10.1. The average Bonchev–Trinajstić information content (AvgIpc) is 3.17. The van der Waals surface area contributed by atoms with Gasteiger partial charge in [-0.2, -0.15) is 0 Å². The molecule has 2 amide bonds. The number of hydrogen-bond acceptors (Lipinski definition) is 4. The third kappa shape index (κ3) is 5.29. The number of anilines is 1. The number of amides is 2. The predicted octanol–water partition coefficient (Wildman–Crippen LogP) is 2.64. The van der Waals surface area contributed by atoms with Crippen molar-refractivity contribution in [1.82, 2.24) is 10.2 Å². The van der Waals surface area contributed by atoms with E-state index in [9.17, 15) is 14.0 Å². The zero-order valence-corrected chi connectivity index (χ0v) is 17.8. The van der Waals surface area contributed by atoms with Crippen LogP contribution in [0.5, 0.6) is 0 Å². The minimum Gasteiger partial charge on any atom is -0.379 e. The topological polar surface area (TPSA) is 61.9 Å². The summed E-state index contributed by atoms with van der Waals surface area (Å²) < 4.78 is 19.2. The van der Waals surface area contributed by atoms with Gasteiger partial charge in [0.25, 0.3) is 0 Å². The van der Waals surface area contributed by atoms with E-state index in [1.807, 2.05) is 12.1 Å². The molecule has 1 N–H and O–H groups in total. The molecule has 6 nitrogen and oxygen atoms in total. The molecule has 1 unspecified atom stereocenters. The van der Waals surface area contributed by atoms with Gasteiger partial charge < -0.3 is 15.0 Å². The summed E-state index contributed by atoms with van der Waals surface area (Å²) in [6.07, 6.45) is 0.139. The molecule has 2 saturated heterocycles. The fourth-order valence-corrected chi connectivity index (χ4v) is 4.00. The van der Waals surface area contributed by atoms with Gasteiger partial charge in [0.15, 0.2) is 0 Å². The minimum atomic E-state index is -0.433. The van der Waals surface area contributed by atoms with Crippen LogP contribution in [0.25, 0.3) is 0 Å². The Balaban J connectivity index is 1.28. The first-order valence-corrected chi connectivity index (χ1v) is 10.7. The maximum absolute atomic E-state index is 13.9. The van der Waals surface area contributed by atoms with Gasteiger partial charge in [-0.1, -0.05) is 30.3 Å². The van der Waals surface area contributed by atoms with E-state index in [4.69, 9.17) is 4.74 Å². The second-order valence-corrected chi connectivity index (χ2v) is 8.26. The fraction of sp³-hybridized carbons (Fsp3) is 0.417. The number of ether oxygens (including phenoxy) is 1. The molecule has 2 fully saturated rings. The molecule has 0 aliphatic carbocycles. The second-order valence-electron chi connectivity index (χ2n) is 8.26. The molecule has 0 spiro atoms. The number of halogens is 1. The van der Waals surface area contributed by atoms with E-state index in [-0.39, 0.29) is 30.6 Å². The highest BCUT2D eigenvalue weighted by molar-refractivity contribution is 6.00. The first-order chi connectivity index (χ1) is 15.0. The molecule has 2 aliphatic rings. The summed E-state index contributed by atoms with van der Waals surface area (Å²) in [7, 11) is 0. The fourth-order valence-electron chi connectivity index (χ4n) is 4.00. The molecular weight excluding hydrogens is 397 g/mol. The predicted molar refractivity (Wildman–Crippen MR) is 116 cm³/mol. The second kappa shape index (κ2) is 9.58. The van der Waals surface area contributed by atoms with Gasteiger partial charge in [-0.05, 0) is 35.7 Å². The molecule has 0 saturated carbocycles. The molecular formula is C24H28FN3O3. The van der Waals surface area contributed by atoms with Crippen LogP contribution in [0.15, 0.2) is 42.5 Å². The van der Waals surface area contributed by atoms with E-state index in [1.165, 1.54) is 16.5 Å². The molecule has 2 heterocycles. The standard InChI is InChI=1S/C24H28FN3O3/c1-17-2-7-21(13-22(17)25)28-16-20(12-23(28)29)24(30)26-14-18-3-5-19(6-4-18)15-27-8-10-31-11-9-27/h2-7,13,20H,8-12,14-16H2,1H3,(H,26,30). The number of nitrogens with one attached hydrogen (secondary N) is 1. The lowest BCUT2D eigenvalue weighted by molar-refractivity contribution is -0.126. The SMILES string of the molecule is Cc1ccc(N2CC(C(=O)NCc3ccc(CN4CCOCC4)cc3)CC2=O)cc1F. The minimum absolute atomic E-state index is 0.139. The van der Waals surface area contributed by atoms with E-state index >= 15 is 0 Å². The first-order valence-electron chi connectivity index (χ1n) is 10.7. The molecule has 2 aliphatic heterocycles. The van der Waals surface area contributed by atoms with Crippen molar-refractivity contribution in [3.8, 4) is 0 Å². The highest BCUT2D eigenvalue weighted by Crippen LogP contribution is 2.26. The highest BCUT2D eigenvalue weighted by Gasteiger charge is 2.35. The Kier molecular flexibility index (Phi) is 6.63. The Labute approximate surface area is 182 Å². The first kappa shape index (κ1) is 21.5. The Bertz CT molecular complexity index is 942. The summed E-state index contributed by atoms with van der Waals surface area (Å²) >= 11 is 0. The maximum atomic E-state index is 13.9. The maximum Gasteiger partial charge on any atom is 0.227 e. The van der Waals surface area contributed by atoms with E-state index in [0.29, 0.717) is 17.8 Å². The van der Waals surface area contributed by atoms with Crippen LogP contribution in [0.3, 0.4) is 0 Å². The largest absolute Gasteiger partial charge is 0.379 e. The third-order valence-corrected chi connectivity index (χ3v) is 5.96. The van der Waals surface area contributed by atoms with Gasteiger partial charge in [0, 0.05) is 44.8 Å². The van der Waals surface area contributed by atoms with Gasteiger partial charge in [0.1, 0.15) is 5.82 Å². The number of rotatable bonds is 6. The molecule has 31 heavy (non-hydrogen) atoms. The van der Waals surface area contributed by atoms with Gasteiger partial charge in [0.2, 0.25) is 11.8 Å².